The first kappa shape index (κ1) is 8.31. The normalized spacial score (nSPS) is 17.3. The summed E-state index contributed by atoms with van der Waals surface area (Å²) in [6.45, 7) is 3.85. The molecule has 1 aliphatic rings. The SMILES string of the molecule is CCC(=O)OC1=C(C)CCC1. The van der Waals surface area contributed by atoms with E-state index in [4.69, 9.17) is 4.74 Å². The van der Waals surface area contributed by atoms with Gasteiger partial charge in [-0.2, -0.15) is 0 Å². The monoisotopic (exact) mass is 154 g/mol. The summed E-state index contributed by atoms with van der Waals surface area (Å²) in [5.74, 6) is 0.804. The van der Waals surface area contributed by atoms with Crippen LogP contribution < -0.4 is 0 Å². The highest BCUT2D eigenvalue weighted by Gasteiger charge is 2.14. The second kappa shape index (κ2) is 3.56. The summed E-state index contributed by atoms with van der Waals surface area (Å²) in [4.78, 5) is 10.9. The quantitative estimate of drug-likeness (QED) is 0.571. The fraction of sp³-hybridized carbons (Fsp3) is 0.667. The van der Waals surface area contributed by atoms with Gasteiger partial charge in [-0.05, 0) is 25.3 Å². The number of allylic oxidation sites excluding steroid dienone is 2. The van der Waals surface area contributed by atoms with Crippen molar-refractivity contribution in [3.05, 3.63) is 11.3 Å². The molecule has 62 valence electrons. The summed E-state index contributed by atoms with van der Waals surface area (Å²) in [6, 6.07) is 0. The molecule has 11 heavy (non-hydrogen) atoms. The Balaban J connectivity index is 2.48. The molecule has 0 aromatic rings. The van der Waals surface area contributed by atoms with Crippen molar-refractivity contribution in [2.45, 2.75) is 39.5 Å². The maximum absolute atomic E-state index is 10.9. The molecule has 0 saturated carbocycles. The standard InChI is InChI=1S/C9H14O2/c1-3-9(10)11-8-6-4-5-7(8)2/h3-6H2,1-2H3. The van der Waals surface area contributed by atoms with Crippen molar-refractivity contribution >= 4 is 5.97 Å². The molecule has 0 unspecified atom stereocenters. The van der Waals surface area contributed by atoms with Crippen molar-refractivity contribution in [2.24, 2.45) is 0 Å². The Morgan fingerprint density at radius 3 is 2.73 bits per heavy atom. The number of ether oxygens (including phenoxy) is 1. The van der Waals surface area contributed by atoms with Gasteiger partial charge in [0.2, 0.25) is 0 Å². The second-order valence-corrected chi connectivity index (χ2v) is 2.88. The average Bonchev–Trinajstić information content (AvgIpc) is 2.37. The third-order valence-corrected chi connectivity index (χ3v) is 1.96. The van der Waals surface area contributed by atoms with E-state index in [0.29, 0.717) is 6.42 Å². The lowest BCUT2D eigenvalue weighted by Gasteiger charge is -2.03. The van der Waals surface area contributed by atoms with Gasteiger partial charge in [-0.15, -0.1) is 0 Å². The fourth-order valence-electron chi connectivity index (χ4n) is 1.21. The van der Waals surface area contributed by atoms with Gasteiger partial charge in [0.25, 0.3) is 0 Å². The molecule has 0 spiro atoms. The van der Waals surface area contributed by atoms with Crippen molar-refractivity contribution in [3.8, 4) is 0 Å². The van der Waals surface area contributed by atoms with Gasteiger partial charge in [0.1, 0.15) is 5.76 Å². The molecule has 0 bridgehead atoms. The first-order valence-electron chi connectivity index (χ1n) is 4.13. The predicted molar refractivity (Wildman–Crippen MR) is 42.9 cm³/mol. The topological polar surface area (TPSA) is 26.3 Å². The number of hydrogen-bond donors (Lipinski definition) is 0. The van der Waals surface area contributed by atoms with Crippen LogP contribution in [0.4, 0.5) is 0 Å². The molecule has 0 fully saturated rings. The summed E-state index contributed by atoms with van der Waals surface area (Å²) in [5.41, 5.74) is 1.24. The summed E-state index contributed by atoms with van der Waals surface area (Å²) in [7, 11) is 0. The lowest BCUT2D eigenvalue weighted by atomic mass is 10.3. The minimum atomic E-state index is -0.110. The molecule has 2 heteroatoms. The smallest absolute Gasteiger partial charge is 0.310 e. The molecule has 0 heterocycles. The molecule has 0 aromatic carbocycles. The van der Waals surface area contributed by atoms with Gasteiger partial charge in [-0.25, -0.2) is 0 Å². The van der Waals surface area contributed by atoms with Crippen molar-refractivity contribution in [3.63, 3.8) is 0 Å². The van der Waals surface area contributed by atoms with Crippen LogP contribution in [-0.4, -0.2) is 5.97 Å². The largest absolute Gasteiger partial charge is 0.431 e. The second-order valence-electron chi connectivity index (χ2n) is 2.88. The Morgan fingerprint density at radius 1 is 1.55 bits per heavy atom. The van der Waals surface area contributed by atoms with Crippen molar-refractivity contribution in [1.29, 1.82) is 0 Å². The molecule has 0 N–H and O–H groups in total. The van der Waals surface area contributed by atoms with Gasteiger partial charge in [0, 0.05) is 12.8 Å². The number of rotatable bonds is 2. The lowest BCUT2D eigenvalue weighted by Crippen LogP contribution is -2.01. The first-order valence-corrected chi connectivity index (χ1v) is 4.13. The van der Waals surface area contributed by atoms with Crippen LogP contribution in [0, 0.1) is 0 Å². The Kier molecular flexibility index (Phi) is 2.69. The minimum absolute atomic E-state index is 0.110. The van der Waals surface area contributed by atoms with Crippen LogP contribution >= 0.6 is 0 Å². The Labute approximate surface area is 67.2 Å². The van der Waals surface area contributed by atoms with E-state index in [1.165, 1.54) is 5.57 Å². The van der Waals surface area contributed by atoms with Crippen molar-refractivity contribution in [1.82, 2.24) is 0 Å². The Hall–Kier alpha value is -0.790. The Morgan fingerprint density at radius 2 is 2.27 bits per heavy atom. The van der Waals surface area contributed by atoms with Crippen molar-refractivity contribution < 1.29 is 9.53 Å². The molecule has 2 nitrogen and oxygen atoms in total. The molecule has 0 aliphatic heterocycles. The first-order chi connectivity index (χ1) is 5.24. The van der Waals surface area contributed by atoms with Gasteiger partial charge < -0.3 is 4.74 Å². The lowest BCUT2D eigenvalue weighted by molar-refractivity contribution is -0.139. The van der Waals surface area contributed by atoms with E-state index in [1.54, 1.807) is 0 Å². The van der Waals surface area contributed by atoms with Gasteiger partial charge in [0.05, 0.1) is 0 Å². The van der Waals surface area contributed by atoms with E-state index in [-0.39, 0.29) is 5.97 Å². The zero-order valence-electron chi connectivity index (χ0n) is 7.14. The van der Waals surface area contributed by atoms with Crippen LogP contribution in [-0.2, 0) is 9.53 Å². The molecule has 1 aliphatic carbocycles. The number of carbonyl (C=O) groups excluding carboxylic acids is 1. The van der Waals surface area contributed by atoms with Crippen LogP contribution in [0.2, 0.25) is 0 Å². The number of carbonyl (C=O) groups is 1. The van der Waals surface area contributed by atoms with E-state index >= 15 is 0 Å². The number of hydrogen-bond acceptors (Lipinski definition) is 2. The highest BCUT2D eigenvalue weighted by atomic mass is 16.5. The molecule has 0 saturated heterocycles. The third-order valence-electron chi connectivity index (χ3n) is 1.96. The van der Waals surface area contributed by atoms with Gasteiger partial charge in [0.15, 0.2) is 0 Å². The summed E-state index contributed by atoms with van der Waals surface area (Å²) < 4.78 is 5.11. The molecule has 0 radical (unpaired) electrons. The van der Waals surface area contributed by atoms with Gasteiger partial charge in [-0.3, -0.25) is 4.79 Å². The van der Waals surface area contributed by atoms with Gasteiger partial charge >= 0.3 is 5.97 Å². The third kappa shape index (κ3) is 2.07. The minimum Gasteiger partial charge on any atom is -0.431 e. The van der Waals surface area contributed by atoms with E-state index in [0.717, 1.165) is 25.0 Å². The zero-order valence-corrected chi connectivity index (χ0v) is 7.14. The highest BCUT2D eigenvalue weighted by molar-refractivity contribution is 5.70. The molecule has 0 aromatic heterocycles. The zero-order chi connectivity index (χ0) is 8.27. The molecule has 0 amide bonds. The van der Waals surface area contributed by atoms with E-state index in [2.05, 4.69) is 0 Å². The Bertz CT molecular complexity index is 192. The van der Waals surface area contributed by atoms with E-state index in [1.807, 2.05) is 13.8 Å². The predicted octanol–water partition coefficient (Wildman–Crippen LogP) is 2.40. The van der Waals surface area contributed by atoms with E-state index < -0.39 is 0 Å². The molecule has 1 rings (SSSR count). The molecular weight excluding hydrogens is 140 g/mol. The van der Waals surface area contributed by atoms with E-state index in [9.17, 15) is 4.79 Å². The molecular formula is C9H14O2. The summed E-state index contributed by atoms with van der Waals surface area (Å²) in [5, 5.41) is 0. The fourth-order valence-corrected chi connectivity index (χ4v) is 1.21. The summed E-state index contributed by atoms with van der Waals surface area (Å²) >= 11 is 0. The van der Waals surface area contributed by atoms with Crippen LogP contribution in [0.1, 0.15) is 39.5 Å². The van der Waals surface area contributed by atoms with Crippen LogP contribution in [0.3, 0.4) is 0 Å². The summed E-state index contributed by atoms with van der Waals surface area (Å²) in [6.07, 6.45) is 3.64. The molecule has 0 atom stereocenters. The van der Waals surface area contributed by atoms with Gasteiger partial charge in [-0.1, -0.05) is 6.92 Å². The van der Waals surface area contributed by atoms with Crippen molar-refractivity contribution in [2.75, 3.05) is 0 Å². The van der Waals surface area contributed by atoms with Crippen LogP contribution in [0.5, 0.6) is 0 Å². The highest BCUT2D eigenvalue weighted by Crippen LogP contribution is 2.26. The van der Waals surface area contributed by atoms with Crippen LogP contribution in [0.25, 0.3) is 0 Å². The van der Waals surface area contributed by atoms with Crippen LogP contribution in [0.15, 0.2) is 11.3 Å². The maximum Gasteiger partial charge on any atom is 0.310 e. The maximum atomic E-state index is 10.9. The number of esters is 1. The average molecular weight is 154 g/mol.